The van der Waals surface area contributed by atoms with Gasteiger partial charge in [0.15, 0.2) is 0 Å². The molecule has 0 saturated heterocycles. The van der Waals surface area contributed by atoms with Crippen molar-refractivity contribution in [1.82, 2.24) is 25.1 Å². The Kier molecular flexibility index (Phi) is 4.17. The van der Waals surface area contributed by atoms with Crippen LogP contribution in [0.3, 0.4) is 0 Å². The van der Waals surface area contributed by atoms with E-state index in [1.807, 2.05) is 79.2 Å². The summed E-state index contributed by atoms with van der Waals surface area (Å²) in [5.41, 5.74) is 3.74. The van der Waals surface area contributed by atoms with Crippen molar-refractivity contribution in [3.05, 3.63) is 77.1 Å². The van der Waals surface area contributed by atoms with Crippen molar-refractivity contribution >= 4 is 38.5 Å². The normalized spacial score (nSPS) is 12.5. The summed E-state index contributed by atoms with van der Waals surface area (Å²) in [4.78, 5) is 22.4. The van der Waals surface area contributed by atoms with E-state index in [-0.39, 0.29) is 11.9 Å². The van der Waals surface area contributed by atoms with Gasteiger partial charge >= 0.3 is 0 Å². The predicted octanol–water partition coefficient (Wildman–Crippen LogP) is 4.76. The van der Waals surface area contributed by atoms with Crippen LogP contribution in [-0.2, 0) is 0 Å². The van der Waals surface area contributed by atoms with Gasteiger partial charge in [0.1, 0.15) is 10.7 Å². The van der Waals surface area contributed by atoms with Crippen molar-refractivity contribution < 1.29 is 4.79 Å². The quantitative estimate of drug-likeness (QED) is 0.456. The third-order valence-electron chi connectivity index (χ3n) is 4.93. The van der Waals surface area contributed by atoms with Crippen LogP contribution in [0.25, 0.3) is 26.9 Å². The number of carbonyl (C=O) groups is 1. The Balaban J connectivity index is 1.43. The Bertz CT molecular complexity index is 1300. The van der Waals surface area contributed by atoms with Gasteiger partial charge in [-0.25, -0.2) is 9.67 Å². The number of para-hydroxylation sites is 3. The van der Waals surface area contributed by atoms with Gasteiger partial charge in [0.2, 0.25) is 0 Å². The zero-order chi connectivity index (χ0) is 20.0. The number of H-pyrrole nitrogens is 1. The molecule has 6 nitrogen and oxygen atoms in total. The number of aromatic amines is 1. The topological polar surface area (TPSA) is 75.6 Å². The fourth-order valence-electron chi connectivity index (χ4n) is 3.42. The van der Waals surface area contributed by atoms with Crippen LogP contribution in [0.15, 0.2) is 60.7 Å². The van der Waals surface area contributed by atoms with Crippen molar-refractivity contribution in [2.75, 3.05) is 0 Å². The molecule has 5 rings (SSSR count). The molecule has 1 unspecified atom stereocenters. The molecule has 1 amide bonds. The van der Waals surface area contributed by atoms with E-state index in [1.54, 1.807) is 0 Å². The van der Waals surface area contributed by atoms with E-state index in [2.05, 4.69) is 20.4 Å². The molecule has 0 bridgehead atoms. The molecule has 2 aromatic carbocycles. The minimum absolute atomic E-state index is 0.113. The molecule has 0 saturated carbocycles. The van der Waals surface area contributed by atoms with Gasteiger partial charge in [-0.3, -0.25) is 4.79 Å². The van der Waals surface area contributed by atoms with E-state index in [1.165, 1.54) is 11.3 Å². The van der Waals surface area contributed by atoms with E-state index in [9.17, 15) is 4.79 Å². The van der Waals surface area contributed by atoms with Crippen LogP contribution in [0.2, 0.25) is 0 Å². The Morgan fingerprint density at radius 1 is 1.14 bits per heavy atom. The SMILES string of the molecule is Cc1nn(-c2ccccc2)c2sc(C(=O)NC(C)c3nc4ccccc4[nH]3)cc12. The van der Waals surface area contributed by atoms with Crippen molar-refractivity contribution in [2.24, 2.45) is 0 Å². The van der Waals surface area contributed by atoms with Crippen LogP contribution in [0.5, 0.6) is 0 Å². The van der Waals surface area contributed by atoms with Gasteiger partial charge in [-0.2, -0.15) is 5.10 Å². The molecule has 0 fully saturated rings. The number of rotatable bonds is 4. The van der Waals surface area contributed by atoms with Crippen LogP contribution in [0.4, 0.5) is 0 Å². The first kappa shape index (κ1) is 17.6. The number of benzene rings is 2. The molecule has 3 aromatic heterocycles. The molecule has 7 heteroatoms. The second-order valence-electron chi connectivity index (χ2n) is 7.00. The Labute approximate surface area is 171 Å². The van der Waals surface area contributed by atoms with Crippen molar-refractivity contribution in [1.29, 1.82) is 0 Å². The number of fused-ring (bicyclic) bond motifs is 2. The summed E-state index contributed by atoms with van der Waals surface area (Å²) in [5.74, 6) is 0.630. The number of aryl methyl sites for hydroxylation is 1. The molecule has 5 aromatic rings. The number of hydrogen-bond acceptors (Lipinski definition) is 4. The number of imidazole rings is 1. The van der Waals surface area contributed by atoms with Gasteiger partial charge in [0.25, 0.3) is 5.91 Å². The standard InChI is InChI=1S/C22H19N5OS/c1-13-16-12-19(29-22(16)27(26-13)15-8-4-3-5-9-15)21(28)23-14(2)20-24-17-10-6-7-11-18(17)25-20/h3-12,14H,1-2H3,(H,23,28)(H,24,25). The average Bonchev–Trinajstić information content (AvgIpc) is 3.43. The number of nitrogens with one attached hydrogen (secondary N) is 2. The number of carbonyl (C=O) groups excluding carboxylic acids is 1. The van der Waals surface area contributed by atoms with Crippen molar-refractivity contribution in [3.8, 4) is 5.69 Å². The molecule has 29 heavy (non-hydrogen) atoms. The minimum atomic E-state index is -0.230. The Hall–Kier alpha value is -3.45. The van der Waals surface area contributed by atoms with Crippen molar-refractivity contribution in [3.63, 3.8) is 0 Å². The lowest BCUT2D eigenvalue weighted by atomic mass is 10.2. The maximum atomic E-state index is 12.9. The maximum Gasteiger partial charge on any atom is 0.262 e. The van der Waals surface area contributed by atoms with E-state index >= 15 is 0 Å². The highest BCUT2D eigenvalue weighted by Gasteiger charge is 2.20. The summed E-state index contributed by atoms with van der Waals surface area (Å²) in [6, 6.07) is 19.5. The fraction of sp³-hybridized carbons (Fsp3) is 0.136. The summed E-state index contributed by atoms with van der Waals surface area (Å²) in [6.07, 6.45) is 0. The molecule has 0 aliphatic rings. The van der Waals surface area contributed by atoms with Gasteiger partial charge in [-0.05, 0) is 44.2 Å². The first-order valence-electron chi connectivity index (χ1n) is 9.40. The number of nitrogens with zero attached hydrogens (tertiary/aromatic N) is 3. The molecule has 0 aliphatic heterocycles. The van der Waals surface area contributed by atoms with Crippen LogP contribution >= 0.6 is 11.3 Å². The second kappa shape index (κ2) is 6.86. The van der Waals surface area contributed by atoms with E-state index < -0.39 is 0 Å². The van der Waals surface area contributed by atoms with Gasteiger partial charge in [-0.1, -0.05) is 30.3 Å². The van der Waals surface area contributed by atoms with Crippen LogP contribution in [0.1, 0.15) is 34.2 Å². The lowest BCUT2D eigenvalue weighted by molar-refractivity contribution is 0.0942. The number of thiophene rings is 1. The summed E-state index contributed by atoms with van der Waals surface area (Å²) in [7, 11) is 0. The first-order chi connectivity index (χ1) is 14.1. The summed E-state index contributed by atoms with van der Waals surface area (Å²) < 4.78 is 1.90. The lowest BCUT2D eigenvalue weighted by Crippen LogP contribution is -2.26. The van der Waals surface area contributed by atoms with E-state index in [0.29, 0.717) is 4.88 Å². The van der Waals surface area contributed by atoms with Gasteiger partial charge in [0.05, 0.1) is 33.3 Å². The largest absolute Gasteiger partial charge is 0.342 e. The molecule has 1 atom stereocenters. The van der Waals surface area contributed by atoms with Crippen LogP contribution in [0, 0.1) is 6.92 Å². The summed E-state index contributed by atoms with van der Waals surface area (Å²) in [6.45, 7) is 3.90. The van der Waals surface area contributed by atoms with E-state index in [0.717, 1.165) is 38.5 Å². The smallest absolute Gasteiger partial charge is 0.262 e. The lowest BCUT2D eigenvalue weighted by Gasteiger charge is -2.10. The molecule has 2 N–H and O–H groups in total. The third-order valence-corrected chi connectivity index (χ3v) is 6.04. The maximum absolute atomic E-state index is 12.9. The zero-order valence-electron chi connectivity index (χ0n) is 16.0. The second-order valence-corrected chi connectivity index (χ2v) is 8.03. The van der Waals surface area contributed by atoms with Crippen LogP contribution in [-0.4, -0.2) is 25.7 Å². The molecular formula is C22H19N5OS. The van der Waals surface area contributed by atoms with Gasteiger partial charge in [0, 0.05) is 5.39 Å². The number of hydrogen-bond donors (Lipinski definition) is 2. The summed E-state index contributed by atoms with van der Waals surface area (Å²) >= 11 is 1.45. The monoisotopic (exact) mass is 401 g/mol. The highest BCUT2D eigenvalue weighted by molar-refractivity contribution is 7.20. The minimum Gasteiger partial charge on any atom is -0.342 e. The van der Waals surface area contributed by atoms with Crippen molar-refractivity contribution in [2.45, 2.75) is 19.9 Å². The molecule has 3 heterocycles. The highest BCUT2D eigenvalue weighted by Crippen LogP contribution is 2.30. The molecule has 0 spiro atoms. The average molecular weight is 401 g/mol. The Morgan fingerprint density at radius 2 is 1.90 bits per heavy atom. The first-order valence-corrected chi connectivity index (χ1v) is 10.2. The highest BCUT2D eigenvalue weighted by atomic mass is 32.1. The molecule has 144 valence electrons. The molecule has 0 radical (unpaired) electrons. The Morgan fingerprint density at radius 3 is 2.69 bits per heavy atom. The molecular weight excluding hydrogens is 382 g/mol. The van der Waals surface area contributed by atoms with E-state index in [4.69, 9.17) is 0 Å². The zero-order valence-corrected chi connectivity index (χ0v) is 16.8. The van der Waals surface area contributed by atoms with Gasteiger partial charge < -0.3 is 10.3 Å². The third kappa shape index (κ3) is 3.09. The summed E-state index contributed by atoms with van der Waals surface area (Å²) in [5, 5.41) is 8.68. The van der Waals surface area contributed by atoms with Crippen LogP contribution < -0.4 is 5.32 Å². The molecule has 0 aliphatic carbocycles. The fourth-order valence-corrected chi connectivity index (χ4v) is 4.50. The van der Waals surface area contributed by atoms with Gasteiger partial charge in [-0.15, -0.1) is 11.3 Å². The number of amides is 1. The number of aromatic nitrogens is 4. The predicted molar refractivity (Wildman–Crippen MR) is 116 cm³/mol.